The van der Waals surface area contributed by atoms with Crippen molar-refractivity contribution >= 4 is 17.7 Å². The second-order valence-electron chi connectivity index (χ2n) is 8.88. The van der Waals surface area contributed by atoms with Gasteiger partial charge in [0.1, 0.15) is 0 Å². The number of hydrogen-bond donors (Lipinski definition) is 3. The molecule has 0 bridgehead atoms. The van der Waals surface area contributed by atoms with Crippen LogP contribution in [0, 0.1) is 0 Å². The number of aliphatic imine (C=N–C) groups is 1. The van der Waals surface area contributed by atoms with Crippen molar-refractivity contribution < 1.29 is 14.3 Å². The topological polar surface area (TPSA) is 113 Å². The number of piperidine rings is 1. The first-order valence-corrected chi connectivity index (χ1v) is 11.4. The van der Waals surface area contributed by atoms with Crippen LogP contribution in [-0.2, 0) is 29.5 Å². The first-order valence-electron chi connectivity index (χ1n) is 11.4. The van der Waals surface area contributed by atoms with Gasteiger partial charge in [-0.05, 0) is 33.7 Å². The average Bonchev–Trinajstić information content (AvgIpc) is 3.09. The second-order valence-corrected chi connectivity index (χ2v) is 8.88. The molecule has 3 N–H and O–H groups in total. The molecule has 0 radical (unpaired) electrons. The molecular weight excluding hydrogens is 410 g/mol. The third-order valence-electron chi connectivity index (χ3n) is 6.32. The molecule has 178 valence electrons. The van der Waals surface area contributed by atoms with Crippen LogP contribution in [0.1, 0.15) is 55.1 Å². The van der Waals surface area contributed by atoms with Crippen LogP contribution in [-0.4, -0.2) is 84.1 Å². The van der Waals surface area contributed by atoms with Crippen molar-refractivity contribution in [2.45, 2.75) is 57.7 Å². The van der Waals surface area contributed by atoms with Crippen LogP contribution in [0.4, 0.5) is 0 Å². The number of rotatable bonds is 8. The smallest absolute Gasteiger partial charge is 0.287 e. The number of ether oxygens (including phenoxy) is 1. The highest BCUT2D eigenvalue weighted by Gasteiger charge is 2.35. The van der Waals surface area contributed by atoms with Gasteiger partial charge in [0.05, 0.1) is 18.3 Å². The standard InChI is InChI=1S/C22H37N7O3/c1-6-23-21(32-5)22(2,27-15-7-8-18(30)25-13-15)10-11-24-20(31)19-26-16-14-28(3)12-9-17(16)29(19)4/h15,27H,6-14H2,1-5H3,(H,24,31)(H,25,30)/b23-21+/t15-,22?/m0/s1. The number of fused-ring (bicyclic) bond motifs is 1. The monoisotopic (exact) mass is 447 g/mol. The maximum atomic E-state index is 12.9. The molecule has 1 unspecified atom stereocenters. The van der Waals surface area contributed by atoms with E-state index in [1.165, 1.54) is 0 Å². The van der Waals surface area contributed by atoms with E-state index in [2.05, 4.69) is 37.9 Å². The highest BCUT2D eigenvalue weighted by molar-refractivity contribution is 5.91. The van der Waals surface area contributed by atoms with E-state index in [0.29, 0.717) is 44.2 Å². The van der Waals surface area contributed by atoms with E-state index < -0.39 is 5.54 Å². The molecule has 3 heterocycles. The zero-order valence-corrected chi connectivity index (χ0v) is 20.0. The molecule has 1 aromatic heterocycles. The number of nitrogens with zero attached hydrogens (tertiary/aromatic N) is 4. The van der Waals surface area contributed by atoms with Gasteiger partial charge in [0.25, 0.3) is 5.91 Å². The van der Waals surface area contributed by atoms with Gasteiger partial charge >= 0.3 is 0 Å². The summed E-state index contributed by atoms with van der Waals surface area (Å²) in [5.74, 6) is 0.948. The Morgan fingerprint density at radius 3 is 2.81 bits per heavy atom. The Balaban J connectivity index is 1.66. The Bertz CT molecular complexity index is 856. The first kappa shape index (κ1) is 24.2. The fourth-order valence-electron chi connectivity index (χ4n) is 4.52. The zero-order valence-electron chi connectivity index (χ0n) is 20.0. The van der Waals surface area contributed by atoms with Crippen molar-refractivity contribution in [1.29, 1.82) is 0 Å². The predicted octanol–water partition coefficient (Wildman–Crippen LogP) is 0.220. The van der Waals surface area contributed by atoms with E-state index in [4.69, 9.17) is 4.74 Å². The summed E-state index contributed by atoms with van der Waals surface area (Å²) >= 11 is 0. The minimum Gasteiger partial charge on any atom is -0.483 e. The third-order valence-corrected chi connectivity index (χ3v) is 6.32. The number of likely N-dealkylation sites (N-methyl/N-ethyl adjacent to an activating group) is 1. The summed E-state index contributed by atoms with van der Waals surface area (Å²) < 4.78 is 7.53. The van der Waals surface area contributed by atoms with Crippen molar-refractivity contribution in [1.82, 2.24) is 30.4 Å². The molecule has 10 nitrogen and oxygen atoms in total. The quantitative estimate of drug-likeness (QED) is 0.388. The Kier molecular flexibility index (Phi) is 7.89. The highest BCUT2D eigenvalue weighted by atomic mass is 16.5. The van der Waals surface area contributed by atoms with Gasteiger partial charge in [-0.1, -0.05) is 0 Å². The van der Waals surface area contributed by atoms with Crippen LogP contribution in [0.25, 0.3) is 0 Å². The summed E-state index contributed by atoms with van der Waals surface area (Å²) in [5.41, 5.74) is 1.54. The van der Waals surface area contributed by atoms with Crippen molar-refractivity contribution in [2.75, 3.05) is 40.3 Å². The summed E-state index contributed by atoms with van der Waals surface area (Å²) in [6.45, 7) is 7.33. The predicted molar refractivity (Wildman–Crippen MR) is 123 cm³/mol. The molecule has 2 atom stereocenters. The van der Waals surface area contributed by atoms with Gasteiger partial charge in [-0.15, -0.1) is 0 Å². The molecular formula is C22H37N7O3. The SMILES string of the molecule is CC/N=C(/OC)C(C)(CCNC(=O)c1nc2c(n1C)CCN(C)C2)N[C@H]1CCC(=O)NC1. The van der Waals surface area contributed by atoms with E-state index in [1.54, 1.807) is 7.11 Å². The lowest BCUT2D eigenvalue weighted by Gasteiger charge is -2.36. The molecule has 0 spiro atoms. The van der Waals surface area contributed by atoms with Crippen LogP contribution in [0.2, 0.25) is 0 Å². The van der Waals surface area contributed by atoms with Gasteiger partial charge in [-0.25, -0.2) is 4.98 Å². The molecule has 32 heavy (non-hydrogen) atoms. The minimum absolute atomic E-state index is 0.0789. The molecule has 0 saturated carbocycles. The maximum Gasteiger partial charge on any atom is 0.287 e. The molecule has 0 aromatic carbocycles. The van der Waals surface area contributed by atoms with Gasteiger partial charge in [-0.3, -0.25) is 19.9 Å². The van der Waals surface area contributed by atoms with Crippen LogP contribution in [0.15, 0.2) is 4.99 Å². The maximum absolute atomic E-state index is 12.9. The van der Waals surface area contributed by atoms with Gasteiger partial charge in [0.15, 0.2) is 5.82 Å². The second kappa shape index (κ2) is 10.4. The van der Waals surface area contributed by atoms with Crippen molar-refractivity contribution in [3.8, 4) is 0 Å². The number of imidazole rings is 1. The fourth-order valence-corrected chi connectivity index (χ4v) is 4.52. The summed E-state index contributed by atoms with van der Waals surface area (Å²) in [4.78, 5) is 35.8. The number of hydrogen-bond acceptors (Lipinski definition) is 7. The molecule has 10 heteroatoms. The van der Waals surface area contributed by atoms with Crippen LogP contribution in [0.5, 0.6) is 0 Å². The van der Waals surface area contributed by atoms with Crippen LogP contribution >= 0.6 is 0 Å². The highest BCUT2D eigenvalue weighted by Crippen LogP contribution is 2.19. The minimum atomic E-state index is -0.575. The third kappa shape index (κ3) is 5.47. The van der Waals surface area contributed by atoms with Crippen molar-refractivity contribution in [3.63, 3.8) is 0 Å². The first-order chi connectivity index (χ1) is 15.3. The Morgan fingerprint density at radius 1 is 1.38 bits per heavy atom. The van der Waals surface area contributed by atoms with Gasteiger partial charge < -0.3 is 24.8 Å². The van der Waals surface area contributed by atoms with Gasteiger partial charge in [0.2, 0.25) is 11.8 Å². The molecule has 1 fully saturated rings. The van der Waals surface area contributed by atoms with Crippen LogP contribution in [0.3, 0.4) is 0 Å². The summed E-state index contributed by atoms with van der Waals surface area (Å²) in [5, 5.41) is 9.54. The lowest BCUT2D eigenvalue weighted by molar-refractivity contribution is -0.122. The van der Waals surface area contributed by atoms with Gasteiger partial charge in [-0.2, -0.15) is 0 Å². The number of nitrogens with one attached hydrogen (secondary N) is 3. The Labute approximate surface area is 190 Å². The van der Waals surface area contributed by atoms with E-state index in [9.17, 15) is 9.59 Å². The average molecular weight is 448 g/mol. The lowest BCUT2D eigenvalue weighted by atomic mass is 9.93. The summed E-state index contributed by atoms with van der Waals surface area (Å²) in [7, 11) is 5.59. The molecule has 1 aromatic rings. The Hall–Kier alpha value is -2.46. The summed E-state index contributed by atoms with van der Waals surface area (Å²) in [6, 6.07) is 0.115. The fraction of sp³-hybridized carbons (Fsp3) is 0.727. The lowest BCUT2D eigenvalue weighted by Crippen LogP contribution is -2.59. The van der Waals surface area contributed by atoms with E-state index in [1.807, 2.05) is 25.5 Å². The largest absolute Gasteiger partial charge is 0.483 e. The van der Waals surface area contributed by atoms with Crippen LogP contribution < -0.4 is 16.0 Å². The number of carbonyl (C=O) groups excluding carboxylic acids is 2. The van der Waals surface area contributed by atoms with E-state index >= 15 is 0 Å². The molecule has 3 rings (SSSR count). The van der Waals surface area contributed by atoms with Gasteiger partial charge in [0, 0.05) is 64.3 Å². The Morgan fingerprint density at radius 2 is 2.16 bits per heavy atom. The normalized spacial score (nSPS) is 21.5. The molecule has 1 saturated heterocycles. The van der Waals surface area contributed by atoms with Crippen molar-refractivity contribution in [2.24, 2.45) is 12.0 Å². The number of amides is 2. The summed E-state index contributed by atoms with van der Waals surface area (Å²) in [6.07, 6.45) is 2.73. The number of aromatic nitrogens is 2. The molecule has 2 aliphatic heterocycles. The van der Waals surface area contributed by atoms with E-state index in [0.717, 1.165) is 37.3 Å². The molecule has 2 aliphatic rings. The number of carbonyl (C=O) groups is 2. The molecule has 0 aliphatic carbocycles. The van der Waals surface area contributed by atoms with Crippen molar-refractivity contribution in [3.05, 3.63) is 17.2 Å². The number of methoxy groups -OCH3 is 1. The molecule has 2 amide bonds. The van der Waals surface area contributed by atoms with E-state index in [-0.39, 0.29) is 17.9 Å². The zero-order chi connectivity index (χ0) is 23.3.